The topological polar surface area (TPSA) is 41.1 Å². The molecule has 0 aliphatic carbocycles. The lowest BCUT2D eigenvalue weighted by Gasteiger charge is -2.27. The molecule has 0 radical (unpaired) electrons. The van der Waals surface area contributed by atoms with E-state index in [0.717, 1.165) is 24.6 Å². The van der Waals surface area contributed by atoms with Crippen LogP contribution in [0.1, 0.15) is 19.3 Å². The number of anilines is 3. The van der Waals surface area contributed by atoms with Crippen molar-refractivity contribution in [3.05, 3.63) is 41.6 Å². The van der Waals surface area contributed by atoms with Crippen LogP contribution in [-0.4, -0.2) is 23.1 Å². The fraction of sp³-hybridized carbons (Fsp3) is 0.333. The molecular weight excluding hydrogens is 272 g/mol. The van der Waals surface area contributed by atoms with E-state index in [9.17, 15) is 0 Å². The SMILES string of the molecule is Clc1cccc(Nc2nccc(N3CCCCC3)n2)c1. The lowest BCUT2D eigenvalue weighted by molar-refractivity contribution is 0.573. The maximum atomic E-state index is 5.98. The van der Waals surface area contributed by atoms with Crippen LogP contribution in [-0.2, 0) is 0 Å². The Bertz CT molecular complexity index is 582. The molecule has 0 amide bonds. The maximum Gasteiger partial charge on any atom is 0.229 e. The van der Waals surface area contributed by atoms with Crippen molar-refractivity contribution in [1.29, 1.82) is 0 Å². The van der Waals surface area contributed by atoms with E-state index < -0.39 is 0 Å². The first-order chi connectivity index (χ1) is 9.81. The summed E-state index contributed by atoms with van der Waals surface area (Å²) in [7, 11) is 0. The van der Waals surface area contributed by atoms with Gasteiger partial charge >= 0.3 is 0 Å². The van der Waals surface area contributed by atoms with Crippen LogP contribution in [0.15, 0.2) is 36.5 Å². The van der Waals surface area contributed by atoms with E-state index in [0.29, 0.717) is 11.0 Å². The maximum absolute atomic E-state index is 5.98. The minimum absolute atomic E-state index is 0.607. The molecule has 0 spiro atoms. The smallest absolute Gasteiger partial charge is 0.229 e. The van der Waals surface area contributed by atoms with Crippen molar-refractivity contribution < 1.29 is 0 Å². The van der Waals surface area contributed by atoms with Gasteiger partial charge in [-0.1, -0.05) is 17.7 Å². The average molecular weight is 289 g/mol. The molecule has 1 aromatic carbocycles. The highest BCUT2D eigenvalue weighted by molar-refractivity contribution is 6.30. The molecule has 1 saturated heterocycles. The van der Waals surface area contributed by atoms with Crippen LogP contribution in [0.25, 0.3) is 0 Å². The molecule has 2 aromatic rings. The van der Waals surface area contributed by atoms with Crippen LogP contribution in [0, 0.1) is 0 Å². The molecule has 4 nitrogen and oxygen atoms in total. The fourth-order valence-corrected chi connectivity index (χ4v) is 2.59. The standard InChI is InChI=1S/C15H17ClN4/c16-12-5-4-6-13(11-12)18-15-17-8-7-14(19-15)20-9-2-1-3-10-20/h4-8,11H,1-3,9-10H2,(H,17,18,19). The van der Waals surface area contributed by atoms with Crippen molar-refractivity contribution in [1.82, 2.24) is 9.97 Å². The number of halogens is 1. The zero-order valence-electron chi connectivity index (χ0n) is 11.2. The molecule has 20 heavy (non-hydrogen) atoms. The number of hydrogen-bond donors (Lipinski definition) is 1. The van der Waals surface area contributed by atoms with Gasteiger partial charge in [0, 0.05) is 30.0 Å². The molecule has 2 heterocycles. The summed E-state index contributed by atoms with van der Waals surface area (Å²) in [5.74, 6) is 1.60. The van der Waals surface area contributed by atoms with Crippen molar-refractivity contribution in [2.24, 2.45) is 0 Å². The Hall–Kier alpha value is -1.81. The molecule has 1 aliphatic rings. The van der Waals surface area contributed by atoms with Crippen LogP contribution >= 0.6 is 11.6 Å². The third-order valence-electron chi connectivity index (χ3n) is 3.40. The summed E-state index contributed by atoms with van der Waals surface area (Å²) < 4.78 is 0. The summed E-state index contributed by atoms with van der Waals surface area (Å²) in [4.78, 5) is 11.2. The molecular formula is C15H17ClN4. The summed E-state index contributed by atoms with van der Waals surface area (Å²) in [5, 5.41) is 3.89. The Labute approximate surface area is 123 Å². The van der Waals surface area contributed by atoms with Gasteiger partial charge in [-0.2, -0.15) is 4.98 Å². The van der Waals surface area contributed by atoms with Gasteiger partial charge in [-0.05, 0) is 43.5 Å². The van der Waals surface area contributed by atoms with Gasteiger partial charge in [-0.25, -0.2) is 4.98 Å². The molecule has 1 N–H and O–H groups in total. The van der Waals surface area contributed by atoms with Crippen molar-refractivity contribution in [2.45, 2.75) is 19.3 Å². The van der Waals surface area contributed by atoms with Crippen molar-refractivity contribution in [3.8, 4) is 0 Å². The second kappa shape index (κ2) is 6.09. The van der Waals surface area contributed by atoms with E-state index >= 15 is 0 Å². The van der Waals surface area contributed by atoms with Gasteiger partial charge < -0.3 is 10.2 Å². The summed E-state index contributed by atoms with van der Waals surface area (Å²) in [6.07, 6.45) is 5.58. The number of nitrogens with zero attached hydrogens (tertiary/aromatic N) is 3. The summed E-state index contributed by atoms with van der Waals surface area (Å²) in [6, 6.07) is 9.52. The van der Waals surface area contributed by atoms with Crippen molar-refractivity contribution >= 4 is 29.1 Å². The van der Waals surface area contributed by atoms with E-state index in [1.165, 1.54) is 19.3 Å². The Morgan fingerprint density at radius 1 is 1.10 bits per heavy atom. The minimum Gasteiger partial charge on any atom is -0.356 e. The van der Waals surface area contributed by atoms with E-state index in [1.807, 2.05) is 30.3 Å². The van der Waals surface area contributed by atoms with Gasteiger partial charge in [0.25, 0.3) is 0 Å². The number of nitrogens with one attached hydrogen (secondary N) is 1. The molecule has 0 atom stereocenters. The Morgan fingerprint density at radius 3 is 2.75 bits per heavy atom. The summed E-state index contributed by atoms with van der Waals surface area (Å²) in [6.45, 7) is 2.15. The third-order valence-corrected chi connectivity index (χ3v) is 3.64. The Morgan fingerprint density at radius 2 is 1.95 bits per heavy atom. The summed E-state index contributed by atoms with van der Waals surface area (Å²) >= 11 is 5.98. The molecule has 0 bridgehead atoms. The van der Waals surface area contributed by atoms with E-state index in [1.54, 1.807) is 6.20 Å². The van der Waals surface area contributed by atoms with Crippen molar-refractivity contribution in [2.75, 3.05) is 23.3 Å². The lowest BCUT2D eigenvalue weighted by atomic mass is 10.1. The molecule has 1 fully saturated rings. The molecule has 1 aromatic heterocycles. The van der Waals surface area contributed by atoms with Crippen LogP contribution in [0.4, 0.5) is 17.5 Å². The quantitative estimate of drug-likeness (QED) is 0.931. The average Bonchev–Trinajstić information content (AvgIpc) is 2.48. The molecule has 3 rings (SSSR count). The predicted octanol–water partition coefficient (Wildman–Crippen LogP) is 3.86. The van der Waals surface area contributed by atoms with Gasteiger partial charge in [0.15, 0.2) is 0 Å². The van der Waals surface area contributed by atoms with E-state index in [2.05, 4.69) is 20.2 Å². The first kappa shape index (κ1) is 13.2. The Kier molecular flexibility index (Phi) is 4.02. The molecule has 1 aliphatic heterocycles. The van der Waals surface area contributed by atoms with Gasteiger partial charge in [0.05, 0.1) is 0 Å². The van der Waals surface area contributed by atoms with E-state index in [4.69, 9.17) is 11.6 Å². The number of hydrogen-bond acceptors (Lipinski definition) is 4. The molecule has 0 saturated carbocycles. The van der Waals surface area contributed by atoms with Crippen LogP contribution in [0.2, 0.25) is 5.02 Å². The molecule has 0 unspecified atom stereocenters. The van der Waals surface area contributed by atoms with Crippen LogP contribution in [0.5, 0.6) is 0 Å². The lowest BCUT2D eigenvalue weighted by Crippen LogP contribution is -2.30. The van der Waals surface area contributed by atoms with Gasteiger partial charge in [-0.3, -0.25) is 0 Å². The zero-order valence-corrected chi connectivity index (χ0v) is 12.0. The number of piperidine rings is 1. The van der Waals surface area contributed by atoms with Gasteiger partial charge in [0.1, 0.15) is 5.82 Å². The minimum atomic E-state index is 0.607. The second-order valence-electron chi connectivity index (χ2n) is 4.92. The first-order valence-corrected chi connectivity index (χ1v) is 7.30. The fourth-order valence-electron chi connectivity index (χ4n) is 2.40. The molecule has 104 valence electrons. The highest BCUT2D eigenvalue weighted by Gasteiger charge is 2.12. The normalized spacial score (nSPS) is 15.2. The van der Waals surface area contributed by atoms with Crippen LogP contribution < -0.4 is 10.2 Å². The van der Waals surface area contributed by atoms with Crippen molar-refractivity contribution in [3.63, 3.8) is 0 Å². The highest BCUT2D eigenvalue weighted by atomic mass is 35.5. The highest BCUT2D eigenvalue weighted by Crippen LogP contribution is 2.21. The Balaban J connectivity index is 1.77. The zero-order chi connectivity index (χ0) is 13.8. The number of aromatic nitrogens is 2. The first-order valence-electron chi connectivity index (χ1n) is 6.92. The van der Waals surface area contributed by atoms with Crippen LogP contribution in [0.3, 0.4) is 0 Å². The number of rotatable bonds is 3. The third kappa shape index (κ3) is 3.20. The second-order valence-corrected chi connectivity index (χ2v) is 5.36. The largest absolute Gasteiger partial charge is 0.356 e. The summed E-state index contributed by atoms with van der Waals surface area (Å²) in [5.41, 5.74) is 0.897. The monoisotopic (exact) mass is 288 g/mol. The predicted molar refractivity (Wildman–Crippen MR) is 82.8 cm³/mol. The van der Waals surface area contributed by atoms with Gasteiger partial charge in [-0.15, -0.1) is 0 Å². The number of benzene rings is 1. The van der Waals surface area contributed by atoms with E-state index in [-0.39, 0.29) is 0 Å². The molecule has 5 heteroatoms. The van der Waals surface area contributed by atoms with Gasteiger partial charge in [0.2, 0.25) is 5.95 Å².